The van der Waals surface area contributed by atoms with E-state index in [9.17, 15) is 14.7 Å². The van der Waals surface area contributed by atoms with Crippen molar-refractivity contribution in [2.24, 2.45) is 0 Å². The van der Waals surface area contributed by atoms with Gasteiger partial charge in [0.25, 0.3) is 0 Å². The number of anilines is 1. The van der Waals surface area contributed by atoms with Crippen LogP contribution in [0.3, 0.4) is 0 Å². The molecule has 0 aromatic heterocycles. The lowest BCUT2D eigenvalue weighted by Crippen LogP contribution is -2.43. The van der Waals surface area contributed by atoms with Gasteiger partial charge in [0.05, 0.1) is 26.9 Å². The van der Waals surface area contributed by atoms with Crippen molar-refractivity contribution in [3.05, 3.63) is 27.2 Å². The zero-order valence-electron chi connectivity index (χ0n) is 10.5. The summed E-state index contributed by atoms with van der Waals surface area (Å²) in [5.41, 5.74) is 0.210. The predicted octanol–water partition coefficient (Wildman–Crippen LogP) is 2.70. The van der Waals surface area contributed by atoms with E-state index in [1.54, 1.807) is 0 Å². The number of β-amino-alcohol motifs (C(OH)–C–C–N with tert-alkyl or cyclic N) is 1. The Bertz CT molecular complexity index is 596. The lowest BCUT2D eigenvalue weighted by molar-refractivity contribution is -0.141. The van der Waals surface area contributed by atoms with Gasteiger partial charge in [-0.05, 0) is 12.1 Å². The number of urea groups is 1. The lowest BCUT2D eigenvalue weighted by Gasteiger charge is -2.22. The monoisotopic (exact) mass is 352 g/mol. The number of carboxylic acids is 1. The molecule has 0 radical (unpaired) electrons. The summed E-state index contributed by atoms with van der Waals surface area (Å²) in [4.78, 5) is 24.2. The summed E-state index contributed by atoms with van der Waals surface area (Å²) in [5.74, 6) is -1.18. The first-order valence-corrected chi connectivity index (χ1v) is 7.06. The van der Waals surface area contributed by atoms with E-state index in [0.717, 1.165) is 4.90 Å². The first-order valence-electron chi connectivity index (χ1n) is 5.92. The van der Waals surface area contributed by atoms with Gasteiger partial charge in [0.1, 0.15) is 6.04 Å². The minimum atomic E-state index is -1.18. The number of aliphatic hydroxyl groups excluding tert-OH is 1. The molecular weight excluding hydrogens is 343 g/mol. The summed E-state index contributed by atoms with van der Waals surface area (Å²) >= 11 is 17.6. The van der Waals surface area contributed by atoms with E-state index in [2.05, 4.69) is 5.32 Å². The van der Waals surface area contributed by atoms with Gasteiger partial charge >= 0.3 is 12.0 Å². The molecule has 0 spiro atoms. The number of rotatable bonds is 2. The highest BCUT2D eigenvalue weighted by atomic mass is 35.5. The van der Waals surface area contributed by atoms with Gasteiger partial charge in [-0.3, -0.25) is 0 Å². The predicted molar refractivity (Wildman–Crippen MR) is 79.2 cm³/mol. The molecule has 1 aliphatic heterocycles. The zero-order chi connectivity index (χ0) is 15.7. The van der Waals surface area contributed by atoms with Crippen molar-refractivity contribution in [2.75, 3.05) is 11.9 Å². The summed E-state index contributed by atoms with van der Waals surface area (Å²) in [6, 6.07) is 0.974. The topological polar surface area (TPSA) is 89.9 Å². The van der Waals surface area contributed by atoms with Crippen LogP contribution in [0.1, 0.15) is 6.42 Å². The molecule has 114 valence electrons. The number of carbonyl (C=O) groups is 2. The van der Waals surface area contributed by atoms with Gasteiger partial charge in [-0.1, -0.05) is 34.8 Å². The standard InChI is InChI=1S/C12H11Cl3N2O4/c13-6-2-8(15)9(3-7(6)14)16-12(21)17-4-5(18)1-10(17)11(19)20/h2-3,5,10,18H,1,4H2,(H,16,21)(H,19,20)/t5?,10-/m0/s1. The van der Waals surface area contributed by atoms with Crippen molar-refractivity contribution < 1.29 is 19.8 Å². The van der Waals surface area contributed by atoms with Gasteiger partial charge in [-0.15, -0.1) is 0 Å². The van der Waals surface area contributed by atoms with Gasteiger partial charge < -0.3 is 20.4 Å². The molecule has 0 aliphatic carbocycles. The minimum Gasteiger partial charge on any atom is -0.480 e. The molecule has 1 aromatic rings. The third-order valence-electron chi connectivity index (χ3n) is 3.08. The molecule has 1 aliphatic rings. The Hall–Kier alpha value is -1.21. The molecule has 2 amide bonds. The summed E-state index contributed by atoms with van der Waals surface area (Å²) < 4.78 is 0. The van der Waals surface area contributed by atoms with Gasteiger partial charge in [0, 0.05) is 13.0 Å². The molecule has 2 rings (SSSR count). The van der Waals surface area contributed by atoms with E-state index >= 15 is 0 Å². The van der Waals surface area contributed by atoms with Crippen molar-refractivity contribution in [3.63, 3.8) is 0 Å². The number of nitrogens with zero attached hydrogens (tertiary/aromatic N) is 1. The molecule has 1 saturated heterocycles. The summed E-state index contributed by atoms with van der Waals surface area (Å²) in [6.45, 7) is -0.0677. The molecule has 21 heavy (non-hydrogen) atoms. The number of amides is 2. The normalized spacial score (nSPS) is 21.4. The second-order valence-electron chi connectivity index (χ2n) is 4.57. The number of likely N-dealkylation sites (tertiary alicyclic amines) is 1. The van der Waals surface area contributed by atoms with Gasteiger partial charge in [0.15, 0.2) is 0 Å². The number of aliphatic hydroxyl groups is 1. The van der Waals surface area contributed by atoms with Crippen molar-refractivity contribution in [3.8, 4) is 0 Å². The van der Waals surface area contributed by atoms with Gasteiger partial charge in [0.2, 0.25) is 0 Å². The number of hydrogen-bond acceptors (Lipinski definition) is 3. The van der Waals surface area contributed by atoms with Crippen LogP contribution in [0.4, 0.5) is 10.5 Å². The van der Waals surface area contributed by atoms with Crippen LogP contribution in [0.15, 0.2) is 12.1 Å². The molecular formula is C12H11Cl3N2O4. The highest BCUT2D eigenvalue weighted by molar-refractivity contribution is 6.44. The van der Waals surface area contributed by atoms with E-state index in [0.29, 0.717) is 0 Å². The SMILES string of the molecule is O=C(O)[C@@H]1CC(O)CN1C(=O)Nc1cc(Cl)c(Cl)cc1Cl. The molecule has 1 heterocycles. The van der Waals surface area contributed by atoms with Crippen LogP contribution in [-0.2, 0) is 4.79 Å². The Morgan fingerprint density at radius 2 is 1.81 bits per heavy atom. The second kappa shape index (κ2) is 6.27. The van der Waals surface area contributed by atoms with Crippen LogP contribution in [-0.4, -0.2) is 45.8 Å². The molecule has 0 saturated carbocycles. The minimum absolute atomic E-state index is 0.0160. The first kappa shape index (κ1) is 16.2. The highest BCUT2D eigenvalue weighted by Crippen LogP contribution is 2.32. The number of hydrogen-bond donors (Lipinski definition) is 3. The third kappa shape index (κ3) is 3.52. The fourth-order valence-electron chi connectivity index (χ4n) is 2.08. The number of benzene rings is 1. The number of nitrogens with one attached hydrogen (secondary N) is 1. The Kier molecular flexibility index (Phi) is 4.83. The van der Waals surface area contributed by atoms with Crippen LogP contribution in [0.25, 0.3) is 0 Å². The van der Waals surface area contributed by atoms with Crippen molar-refractivity contribution in [2.45, 2.75) is 18.6 Å². The van der Waals surface area contributed by atoms with E-state index in [1.807, 2.05) is 0 Å². The third-order valence-corrected chi connectivity index (χ3v) is 4.11. The van der Waals surface area contributed by atoms with E-state index in [1.165, 1.54) is 12.1 Å². The number of carboxylic acid groups (broad SMARTS) is 1. The lowest BCUT2D eigenvalue weighted by atomic mass is 10.2. The Morgan fingerprint density at radius 1 is 1.19 bits per heavy atom. The Balaban J connectivity index is 2.18. The van der Waals surface area contributed by atoms with E-state index < -0.39 is 24.1 Å². The first-order chi connectivity index (χ1) is 9.79. The van der Waals surface area contributed by atoms with Gasteiger partial charge in [-0.25, -0.2) is 9.59 Å². The fraction of sp³-hybridized carbons (Fsp3) is 0.333. The summed E-state index contributed by atoms with van der Waals surface area (Å²) in [7, 11) is 0. The number of halogens is 3. The maximum absolute atomic E-state index is 12.1. The van der Waals surface area contributed by atoms with Crippen molar-refractivity contribution >= 4 is 52.5 Å². The zero-order valence-corrected chi connectivity index (χ0v) is 12.8. The molecule has 1 aromatic carbocycles. The average Bonchev–Trinajstić information content (AvgIpc) is 2.78. The van der Waals surface area contributed by atoms with Crippen LogP contribution in [0, 0.1) is 0 Å². The number of aliphatic carboxylic acids is 1. The van der Waals surface area contributed by atoms with E-state index in [4.69, 9.17) is 39.9 Å². The number of carbonyl (C=O) groups excluding carboxylic acids is 1. The molecule has 6 nitrogen and oxygen atoms in total. The highest BCUT2D eigenvalue weighted by Gasteiger charge is 2.39. The van der Waals surface area contributed by atoms with Crippen LogP contribution < -0.4 is 5.32 Å². The Labute approximate surface area is 135 Å². The Morgan fingerprint density at radius 3 is 2.43 bits per heavy atom. The molecule has 0 bridgehead atoms. The van der Waals surface area contributed by atoms with Crippen molar-refractivity contribution in [1.82, 2.24) is 4.90 Å². The average molecular weight is 354 g/mol. The maximum Gasteiger partial charge on any atom is 0.326 e. The second-order valence-corrected chi connectivity index (χ2v) is 5.79. The largest absolute Gasteiger partial charge is 0.480 e. The maximum atomic E-state index is 12.1. The fourth-order valence-corrected chi connectivity index (χ4v) is 2.67. The van der Waals surface area contributed by atoms with Crippen LogP contribution in [0.5, 0.6) is 0 Å². The summed E-state index contributed by atoms with van der Waals surface area (Å²) in [6.07, 6.45) is -0.890. The van der Waals surface area contributed by atoms with E-state index in [-0.39, 0.29) is 33.7 Å². The van der Waals surface area contributed by atoms with Crippen LogP contribution >= 0.6 is 34.8 Å². The molecule has 1 fully saturated rings. The molecule has 9 heteroatoms. The van der Waals surface area contributed by atoms with Crippen LogP contribution in [0.2, 0.25) is 15.1 Å². The molecule has 3 N–H and O–H groups in total. The quantitative estimate of drug-likeness (QED) is 0.713. The summed E-state index contributed by atoms with van der Waals surface area (Å²) in [5, 5.41) is 21.6. The van der Waals surface area contributed by atoms with Gasteiger partial charge in [-0.2, -0.15) is 0 Å². The van der Waals surface area contributed by atoms with Crippen molar-refractivity contribution in [1.29, 1.82) is 0 Å². The molecule has 2 atom stereocenters. The molecule has 1 unspecified atom stereocenters. The smallest absolute Gasteiger partial charge is 0.326 e.